The van der Waals surface area contributed by atoms with Crippen LogP contribution in [0.5, 0.6) is 0 Å². The van der Waals surface area contributed by atoms with Crippen molar-refractivity contribution in [2.75, 3.05) is 11.4 Å². The summed E-state index contributed by atoms with van der Waals surface area (Å²) in [6, 6.07) is 8.21. The highest BCUT2D eigenvalue weighted by atomic mass is 16.2. The third kappa shape index (κ3) is 2.62. The van der Waals surface area contributed by atoms with Crippen molar-refractivity contribution in [3.05, 3.63) is 29.8 Å². The Morgan fingerprint density at radius 2 is 2.16 bits per heavy atom. The van der Waals surface area contributed by atoms with Gasteiger partial charge in [-0.3, -0.25) is 9.59 Å². The lowest BCUT2D eigenvalue weighted by molar-refractivity contribution is -0.126. The molecule has 1 aromatic rings. The number of hydrogen-bond acceptors (Lipinski definition) is 2. The van der Waals surface area contributed by atoms with Crippen LogP contribution in [-0.2, 0) is 9.59 Å². The Kier molecular flexibility index (Phi) is 3.01. The molecule has 1 aliphatic carbocycles. The molecule has 0 radical (unpaired) electrons. The molecular weight excluding hydrogens is 240 g/mol. The number of rotatable bonds is 3. The number of nitrogens with zero attached hydrogens (tertiary/aromatic N) is 1. The van der Waals surface area contributed by atoms with E-state index in [2.05, 4.69) is 5.32 Å². The summed E-state index contributed by atoms with van der Waals surface area (Å²) < 4.78 is 0. The lowest BCUT2D eigenvalue weighted by Gasteiger charge is -2.17. The number of anilines is 1. The molecule has 1 saturated heterocycles. The first kappa shape index (κ1) is 12.2. The third-order valence-corrected chi connectivity index (χ3v) is 3.73. The maximum atomic E-state index is 12.0. The average Bonchev–Trinajstić information content (AvgIpc) is 3.09. The van der Waals surface area contributed by atoms with Crippen LogP contribution in [-0.4, -0.2) is 24.4 Å². The molecule has 1 N–H and O–H groups in total. The molecule has 3 rings (SSSR count). The van der Waals surface area contributed by atoms with Gasteiger partial charge in [0.05, 0.1) is 5.92 Å². The van der Waals surface area contributed by atoms with Crippen LogP contribution in [0.15, 0.2) is 24.3 Å². The first-order valence-electron chi connectivity index (χ1n) is 6.81. The van der Waals surface area contributed by atoms with Gasteiger partial charge < -0.3 is 10.2 Å². The van der Waals surface area contributed by atoms with Crippen molar-refractivity contribution in [2.45, 2.75) is 32.2 Å². The smallest absolute Gasteiger partial charge is 0.227 e. The van der Waals surface area contributed by atoms with Crippen molar-refractivity contribution < 1.29 is 9.59 Å². The Bertz CT molecular complexity index is 523. The number of benzene rings is 1. The Labute approximate surface area is 112 Å². The Hall–Kier alpha value is -1.84. The van der Waals surface area contributed by atoms with E-state index < -0.39 is 0 Å². The molecule has 100 valence electrons. The number of nitrogens with one attached hydrogen (secondary N) is 1. The van der Waals surface area contributed by atoms with Crippen LogP contribution in [0.2, 0.25) is 0 Å². The molecule has 0 spiro atoms. The molecule has 2 aliphatic rings. The minimum atomic E-state index is -0.200. The standard InChI is InChI=1S/C15H18N2O2/c1-10-3-2-4-13(7-10)17-9-11(8-14(17)18)15(19)16-12-5-6-12/h2-4,7,11-12H,5-6,8-9H2,1H3,(H,16,19). The van der Waals surface area contributed by atoms with Crippen molar-refractivity contribution in [2.24, 2.45) is 5.92 Å². The molecule has 1 heterocycles. The summed E-state index contributed by atoms with van der Waals surface area (Å²) in [6.45, 7) is 2.50. The van der Waals surface area contributed by atoms with Gasteiger partial charge in [-0.25, -0.2) is 0 Å². The van der Waals surface area contributed by atoms with Crippen molar-refractivity contribution in [3.8, 4) is 0 Å². The lowest BCUT2D eigenvalue weighted by Crippen LogP contribution is -2.34. The second-order valence-electron chi connectivity index (χ2n) is 5.53. The summed E-state index contributed by atoms with van der Waals surface area (Å²) in [4.78, 5) is 25.8. The summed E-state index contributed by atoms with van der Waals surface area (Å²) in [7, 11) is 0. The van der Waals surface area contributed by atoms with Crippen LogP contribution in [0.25, 0.3) is 0 Å². The van der Waals surface area contributed by atoms with E-state index >= 15 is 0 Å². The fourth-order valence-corrected chi connectivity index (χ4v) is 2.48. The van der Waals surface area contributed by atoms with E-state index in [1.54, 1.807) is 4.90 Å². The second-order valence-corrected chi connectivity index (χ2v) is 5.53. The van der Waals surface area contributed by atoms with E-state index in [4.69, 9.17) is 0 Å². The summed E-state index contributed by atoms with van der Waals surface area (Å²) >= 11 is 0. The largest absolute Gasteiger partial charge is 0.353 e. The predicted molar refractivity (Wildman–Crippen MR) is 72.8 cm³/mol. The molecule has 1 aliphatic heterocycles. The Morgan fingerprint density at radius 3 is 2.84 bits per heavy atom. The van der Waals surface area contributed by atoms with E-state index in [-0.39, 0.29) is 17.7 Å². The molecule has 19 heavy (non-hydrogen) atoms. The van der Waals surface area contributed by atoms with Crippen LogP contribution < -0.4 is 10.2 Å². The number of carbonyl (C=O) groups excluding carboxylic acids is 2. The zero-order valence-corrected chi connectivity index (χ0v) is 11.1. The highest BCUT2D eigenvalue weighted by molar-refractivity contribution is 6.00. The van der Waals surface area contributed by atoms with Crippen LogP contribution in [0.4, 0.5) is 5.69 Å². The number of amides is 2. The third-order valence-electron chi connectivity index (χ3n) is 3.73. The van der Waals surface area contributed by atoms with Gasteiger partial charge in [0.25, 0.3) is 0 Å². The first-order chi connectivity index (χ1) is 9.13. The van der Waals surface area contributed by atoms with Gasteiger partial charge >= 0.3 is 0 Å². The monoisotopic (exact) mass is 258 g/mol. The number of hydrogen-bond donors (Lipinski definition) is 1. The zero-order valence-electron chi connectivity index (χ0n) is 11.1. The molecule has 0 bridgehead atoms. The quantitative estimate of drug-likeness (QED) is 0.895. The van der Waals surface area contributed by atoms with Gasteiger partial charge in [0, 0.05) is 24.7 Å². The average molecular weight is 258 g/mol. The van der Waals surface area contributed by atoms with Crippen molar-refractivity contribution in [1.82, 2.24) is 5.32 Å². The van der Waals surface area contributed by atoms with Crippen molar-refractivity contribution in [3.63, 3.8) is 0 Å². The minimum absolute atomic E-state index is 0.0333. The first-order valence-corrected chi connectivity index (χ1v) is 6.81. The number of carbonyl (C=O) groups is 2. The van der Waals surface area contributed by atoms with Crippen LogP contribution in [0.3, 0.4) is 0 Å². The summed E-state index contributed by atoms with van der Waals surface area (Å²) in [5, 5.41) is 2.98. The molecule has 2 amide bonds. The van der Waals surface area contributed by atoms with Crippen molar-refractivity contribution in [1.29, 1.82) is 0 Å². The van der Waals surface area contributed by atoms with E-state index in [1.807, 2.05) is 31.2 Å². The summed E-state index contributed by atoms with van der Waals surface area (Å²) in [6.07, 6.45) is 2.48. The highest BCUT2D eigenvalue weighted by Gasteiger charge is 2.36. The Morgan fingerprint density at radius 1 is 1.37 bits per heavy atom. The Balaban J connectivity index is 1.70. The van der Waals surface area contributed by atoms with E-state index in [9.17, 15) is 9.59 Å². The van der Waals surface area contributed by atoms with Gasteiger partial charge in [-0.1, -0.05) is 12.1 Å². The maximum absolute atomic E-state index is 12.0. The van der Waals surface area contributed by atoms with Gasteiger partial charge in [0.15, 0.2) is 0 Å². The normalized spacial score (nSPS) is 22.7. The lowest BCUT2D eigenvalue weighted by atomic mass is 10.1. The fourth-order valence-electron chi connectivity index (χ4n) is 2.48. The van der Waals surface area contributed by atoms with Crippen LogP contribution >= 0.6 is 0 Å². The molecular formula is C15H18N2O2. The molecule has 1 aromatic carbocycles. The van der Waals surface area contributed by atoms with E-state index in [0.717, 1.165) is 24.1 Å². The molecule has 2 fully saturated rings. The van der Waals surface area contributed by atoms with Gasteiger partial charge in [-0.05, 0) is 37.5 Å². The van der Waals surface area contributed by atoms with Crippen molar-refractivity contribution >= 4 is 17.5 Å². The zero-order chi connectivity index (χ0) is 13.4. The minimum Gasteiger partial charge on any atom is -0.353 e. The molecule has 1 atom stereocenters. The summed E-state index contributed by atoms with van der Waals surface area (Å²) in [5.41, 5.74) is 2.02. The van der Waals surface area contributed by atoms with E-state index in [0.29, 0.717) is 19.0 Å². The molecule has 4 nitrogen and oxygen atoms in total. The van der Waals surface area contributed by atoms with Crippen LogP contribution in [0.1, 0.15) is 24.8 Å². The second kappa shape index (κ2) is 4.68. The molecule has 1 unspecified atom stereocenters. The predicted octanol–water partition coefficient (Wildman–Crippen LogP) is 1.63. The molecule has 0 aromatic heterocycles. The van der Waals surface area contributed by atoms with Gasteiger partial charge in [-0.2, -0.15) is 0 Å². The van der Waals surface area contributed by atoms with E-state index in [1.165, 1.54) is 0 Å². The maximum Gasteiger partial charge on any atom is 0.227 e. The SMILES string of the molecule is Cc1cccc(N2CC(C(=O)NC3CC3)CC2=O)c1. The van der Waals surface area contributed by atoms with Gasteiger partial charge in [0.1, 0.15) is 0 Å². The molecule has 1 saturated carbocycles. The highest BCUT2D eigenvalue weighted by Crippen LogP contribution is 2.27. The molecule has 4 heteroatoms. The van der Waals surface area contributed by atoms with Crippen LogP contribution in [0, 0.1) is 12.8 Å². The van der Waals surface area contributed by atoms with Gasteiger partial charge in [0.2, 0.25) is 11.8 Å². The topological polar surface area (TPSA) is 49.4 Å². The fraction of sp³-hybridized carbons (Fsp3) is 0.467. The van der Waals surface area contributed by atoms with Gasteiger partial charge in [-0.15, -0.1) is 0 Å². The number of aryl methyl sites for hydroxylation is 1. The summed E-state index contributed by atoms with van der Waals surface area (Å²) in [5.74, 6) is -0.124.